The second-order valence-electron chi connectivity index (χ2n) is 11.2. The van der Waals surface area contributed by atoms with Crippen molar-refractivity contribution >= 4 is 58.1 Å². The number of amides is 3. The van der Waals surface area contributed by atoms with Crippen molar-refractivity contribution in [3.63, 3.8) is 0 Å². The lowest BCUT2D eigenvalue weighted by atomic mass is 10.0. The molecule has 0 unspecified atom stereocenters. The quantitative estimate of drug-likeness (QED) is 0.171. The number of aryl methyl sites for hydroxylation is 1. The molecule has 0 bridgehead atoms. The minimum atomic E-state index is -0.601. The van der Waals surface area contributed by atoms with Crippen molar-refractivity contribution in [3.8, 4) is 11.5 Å². The zero-order valence-electron chi connectivity index (χ0n) is 26.2. The van der Waals surface area contributed by atoms with Crippen LogP contribution in [-0.2, 0) is 16.6 Å². The van der Waals surface area contributed by atoms with Gasteiger partial charge in [-0.2, -0.15) is 0 Å². The first-order valence-electron chi connectivity index (χ1n) is 15.2. The Kier molecular flexibility index (Phi) is 8.86. The fourth-order valence-corrected chi connectivity index (χ4v) is 5.61. The van der Waals surface area contributed by atoms with Gasteiger partial charge in [0.05, 0.1) is 49.2 Å². The van der Waals surface area contributed by atoms with Crippen molar-refractivity contribution in [2.24, 2.45) is 12.0 Å². The first kappa shape index (κ1) is 31.3. The molecule has 15 heteroatoms. The third kappa shape index (κ3) is 6.64. The maximum Gasteiger partial charge on any atom is 0.374 e. The number of anilines is 2. The van der Waals surface area contributed by atoms with Crippen LogP contribution in [0.3, 0.4) is 0 Å². The van der Waals surface area contributed by atoms with Crippen molar-refractivity contribution in [1.29, 1.82) is 0 Å². The molecule has 0 radical (unpaired) electrons. The molecule has 4 heterocycles. The van der Waals surface area contributed by atoms with Crippen LogP contribution in [0.2, 0.25) is 0 Å². The van der Waals surface area contributed by atoms with E-state index in [1.807, 2.05) is 11.1 Å². The molecule has 1 saturated heterocycles. The van der Waals surface area contributed by atoms with Crippen LogP contribution in [-0.4, -0.2) is 87.7 Å². The maximum absolute atomic E-state index is 13.2. The van der Waals surface area contributed by atoms with E-state index in [1.165, 1.54) is 18.8 Å². The Morgan fingerprint density at radius 1 is 1.06 bits per heavy atom. The fraction of sp³-hybridized carbons (Fsp3) is 0.344. The number of benzene rings is 2. The molecule has 6 rings (SSSR count). The summed E-state index contributed by atoms with van der Waals surface area (Å²) in [6.45, 7) is 0.919. The fourth-order valence-electron chi connectivity index (χ4n) is 5.61. The standard InChI is InChI=1S/C32H34N8O7/c1-39-17-26(38-29(39)30(42)34-18-9-10-21-23(13-18)36-28(35-21)32(44)46-3)37-27(41)8-6-12-47-25-15-22-20(14-24(25)45-2)31(43)40-11-5-4-7-19(40)16-33-22/h9-10,13-17,19H,4-8,11-12H2,1-3H3,(H,34,42)(H,35,36)(H,37,41)/t19-/m0/s1. The summed E-state index contributed by atoms with van der Waals surface area (Å²) in [5.41, 5.74) is 2.54. The maximum atomic E-state index is 13.2. The normalized spacial score (nSPS) is 15.4. The minimum Gasteiger partial charge on any atom is -0.493 e. The van der Waals surface area contributed by atoms with Crippen molar-refractivity contribution in [3.05, 3.63) is 53.7 Å². The van der Waals surface area contributed by atoms with Crippen molar-refractivity contribution in [2.45, 2.75) is 38.1 Å². The van der Waals surface area contributed by atoms with Gasteiger partial charge in [-0.05, 0) is 49.9 Å². The van der Waals surface area contributed by atoms with E-state index in [-0.39, 0.29) is 48.4 Å². The summed E-state index contributed by atoms with van der Waals surface area (Å²) in [4.78, 5) is 68.3. The van der Waals surface area contributed by atoms with Gasteiger partial charge in [0, 0.05) is 44.2 Å². The van der Waals surface area contributed by atoms with Crippen LogP contribution in [0.15, 0.2) is 41.5 Å². The van der Waals surface area contributed by atoms with E-state index >= 15 is 0 Å². The van der Waals surface area contributed by atoms with Crippen molar-refractivity contribution in [1.82, 2.24) is 24.4 Å². The number of ether oxygens (including phenoxy) is 3. The predicted octanol–water partition coefficient (Wildman–Crippen LogP) is 3.85. The van der Waals surface area contributed by atoms with E-state index in [0.717, 1.165) is 19.3 Å². The summed E-state index contributed by atoms with van der Waals surface area (Å²) in [5, 5.41) is 5.47. The van der Waals surface area contributed by atoms with Crippen molar-refractivity contribution in [2.75, 3.05) is 38.0 Å². The zero-order chi connectivity index (χ0) is 33.1. The molecule has 2 aromatic heterocycles. The van der Waals surface area contributed by atoms with Gasteiger partial charge >= 0.3 is 5.97 Å². The van der Waals surface area contributed by atoms with Crippen LogP contribution in [0.4, 0.5) is 17.2 Å². The SMILES string of the molecule is COC(=O)c1nc2ccc(NC(=O)c3nc(NC(=O)CCCOc4cc5c(cc4OC)C(=O)N4CCCC[C@H]4C=N5)cn3C)cc2[nH]1. The molecule has 3 amide bonds. The number of fused-ring (bicyclic) bond motifs is 3. The second-order valence-corrected chi connectivity index (χ2v) is 11.2. The Hall–Kier alpha value is -5.73. The monoisotopic (exact) mass is 642 g/mol. The van der Waals surface area contributed by atoms with E-state index in [2.05, 4.69) is 35.3 Å². The first-order chi connectivity index (χ1) is 22.7. The third-order valence-corrected chi connectivity index (χ3v) is 7.98. The minimum absolute atomic E-state index is 0.0103. The molecule has 244 valence electrons. The number of aromatic amines is 1. The number of carbonyl (C=O) groups excluding carboxylic acids is 4. The number of rotatable bonds is 10. The van der Waals surface area contributed by atoms with Gasteiger partial charge in [-0.25, -0.2) is 14.8 Å². The number of carbonyl (C=O) groups is 4. The van der Waals surface area contributed by atoms with Gasteiger partial charge < -0.3 is 39.3 Å². The molecule has 1 atom stereocenters. The van der Waals surface area contributed by atoms with Gasteiger partial charge in [0.2, 0.25) is 17.6 Å². The van der Waals surface area contributed by atoms with E-state index in [4.69, 9.17) is 9.47 Å². The summed E-state index contributed by atoms with van der Waals surface area (Å²) in [7, 11) is 4.42. The molecular weight excluding hydrogens is 608 g/mol. The lowest BCUT2D eigenvalue weighted by Gasteiger charge is -2.32. The molecular formula is C32H34N8O7. The molecule has 1 fully saturated rings. The molecule has 15 nitrogen and oxygen atoms in total. The highest BCUT2D eigenvalue weighted by Gasteiger charge is 2.31. The number of aromatic nitrogens is 4. The van der Waals surface area contributed by atoms with Crippen LogP contribution in [0, 0.1) is 0 Å². The molecule has 2 aliphatic rings. The lowest BCUT2D eigenvalue weighted by molar-refractivity contribution is -0.116. The Morgan fingerprint density at radius 2 is 1.91 bits per heavy atom. The highest BCUT2D eigenvalue weighted by atomic mass is 16.5. The number of methoxy groups -OCH3 is 2. The molecule has 2 aromatic carbocycles. The lowest BCUT2D eigenvalue weighted by Crippen LogP contribution is -2.43. The van der Waals surface area contributed by atoms with Gasteiger partial charge in [-0.3, -0.25) is 19.4 Å². The third-order valence-electron chi connectivity index (χ3n) is 7.98. The van der Waals surface area contributed by atoms with E-state index in [1.54, 1.807) is 43.6 Å². The second kappa shape index (κ2) is 13.3. The molecule has 47 heavy (non-hydrogen) atoms. The summed E-state index contributed by atoms with van der Waals surface area (Å²) < 4.78 is 17.6. The van der Waals surface area contributed by atoms with Gasteiger partial charge in [0.15, 0.2) is 17.3 Å². The number of nitrogens with one attached hydrogen (secondary N) is 3. The molecule has 4 aromatic rings. The average molecular weight is 643 g/mol. The number of nitrogens with zero attached hydrogens (tertiary/aromatic N) is 5. The smallest absolute Gasteiger partial charge is 0.374 e. The number of hydrogen-bond donors (Lipinski definition) is 3. The van der Waals surface area contributed by atoms with Gasteiger partial charge in [0.1, 0.15) is 0 Å². The summed E-state index contributed by atoms with van der Waals surface area (Å²) in [6, 6.07) is 8.30. The summed E-state index contributed by atoms with van der Waals surface area (Å²) in [6.07, 6.45) is 6.82. The molecule has 0 aliphatic carbocycles. The highest BCUT2D eigenvalue weighted by molar-refractivity contribution is 6.04. The Balaban J connectivity index is 1.02. The predicted molar refractivity (Wildman–Crippen MR) is 172 cm³/mol. The van der Waals surface area contributed by atoms with Crippen LogP contribution >= 0.6 is 0 Å². The Morgan fingerprint density at radius 3 is 2.72 bits per heavy atom. The van der Waals surface area contributed by atoms with Crippen LogP contribution in [0.25, 0.3) is 11.0 Å². The topological polar surface area (TPSA) is 182 Å². The van der Waals surface area contributed by atoms with Crippen LogP contribution < -0.4 is 20.1 Å². The summed E-state index contributed by atoms with van der Waals surface area (Å²) in [5.74, 6) is -0.247. The van der Waals surface area contributed by atoms with E-state index in [9.17, 15) is 19.2 Å². The van der Waals surface area contributed by atoms with E-state index < -0.39 is 11.9 Å². The van der Waals surface area contributed by atoms with E-state index in [0.29, 0.717) is 52.4 Å². The molecule has 2 aliphatic heterocycles. The van der Waals surface area contributed by atoms with Gasteiger partial charge in [-0.1, -0.05) is 0 Å². The van der Waals surface area contributed by atoms with Crippen LogP contribution in [0.5, 0.6) is 11.5 Å². The highest BCUT2D eigenvalue weighted by Crippen LogP contribution is 2.38. The first-order valence-corrected chi connectivity index (χ1v) is 15.2. The summed E-state index contributed by atoms with van der Waals surface area (Å²) >= 11 is 0. The van der Waals surface area contributed by atoms with Gasteiger partial charge in [-0.15, -0.1) is 0 Å². The molecule has 0 saturated carbocycles. The number of piperidine rings is 1. The number of hydrogen-bond acceptors (Lipinski definition) is 10. The number of esters is 1. The molecule has 3 N–H and O–H groups in total. The van der Waals surface area contributed by atoms with Gasteiger partial charge in [0.25, 0.3) is 11.8 Å². The van der Waals surface area contributed by atoms with Crippen molar-refractivity contribution < 1.29 is 33.4 Å². The molecule has 0 spiro atoms. The Labute approximate surface area is 269 Å². The average Bonchev–Trinajstić information content (AvgIpc) is 3.63. The number of H-pyrrole nitrogens is 1. The number of imidazole rings is 2. The number of aliphatic imine (C=N–C) groups is 1. The van der Waals surface area contributed by atoms with Crippen LogP contribution in [0.1, 0.15) is 63.7 Å². The largest absolute Gasteiger partial charge is 0.493 e. The zero-order valence-corrected chi connectivity index (χ0v) is 26.2. The Bertz CT molecular complexity index is 1900.